The van der Waals surface area contributed by atoms with Crippen LogP contribution in [0.15, 0.2) is 71.9 Å². The number of unbranched alkanes of at least 4 members (excludes halogenated alkanes) is 1. The van der Waals surface area contributed by atoms with E-state index in [-0.39, 0.29) is 31.1 Å². The zero-order chi connectivity index (χ0) is 30.3. The number of nitrogens with one attached hydrogen (secondary N) is 2. The summed E-state index contributed by atoms with van der Waals surface area (Å²) in [7, 11) is 0. The van der Waals surface area contributed by atoms with E-state index in [4.69, 9.17) is 15.2 Å². The molecule has 4 N–H and O–H groups in total. The van der Waals surface area contributed by atoms with Crippen LogP contribution in [0.3, 0.4) is 0 Å². The first-order chi connectivity index (χ1) is 20.5. The average Bonchev–Trinajstić information content (AvgIpc) is 3.44. The summed E-state index contributed by atoms with van der Waals surface area (Å²) < 4.78 is 12.2. The quantitative estimate of drug-likeness (QED) is 0.157. The van der Waals surface area contributed by atoms with Gasteiger partial charge in [0.05, 0.1) is 6.10 Å². The van der Waals surface area contributed by atoms with Crippen molar-refractivity contribution < 1.29 is 19.1 Å². The van der Waals surface area contributed by atoms with Crippen LogP contribution < -0.4 is 22.1 Å². The Labute approximate surface area is 248 Å². The van der Waals surface area contributed by atoms with Gasteiger partial charge < -0.3 is 25.8 Å². The Morgan fingerprint density at radius 1 is 0.976 bits per heavy atom. The van der Waals surface area contributed by atoms with Crippen LogP contribution in [0.5, 0.6) is 0 Å². The van der Waals surface area contributed by atoms with Crippen LogP contribution in [-0.4, -0.2) is 52.3 Å². The molecule has 0 bridgehead atoms. The van der Waals surface area contributed by atoms with E-state index in [0.29, 0.717) is 25.8 Å². The smallest absolute Gasteiger partial charge is 0.407 e. The Kier molecular flexibility index (Phi) is 17.7. The second-order valence-electron chi connectivity index (χ2n) is 9.67. The van der Waals surface area contributed by atoms with E-state index >= 15 is 0 Å². The molecule has 0 radical (unpaired) electrons. The predicted octanol–water partition coefficient (Wildman–Crippen LogP) is 4.66. The van der Waals surface area contributed by atoms with Gasteiger partial charge in [-0.3, -0.25) is 9.36 Å². The Bertz CT molecular complexity index is 1140. The third-order valence-electron chi connectivity index (χ3n) is 6.19. The molecule has 2 amide bonds. The molecule has 1 aliphatic heterocycles. The molecule has 2 heterocycles. The van der Waals surface area contributed by atoms with E-state index in [0.717, 1.165) is 44.9 Å². The lowest BCUT2D eigenvalue weighted by atomic mass is 10.2. The van der Waals surface area contributed by atoms with Crippen LogP contribution in [0.25, 0.3) is 0 Å². The van der Waals surface area contributed by atoms with Crippen molar-refractivity contribution in [3.8, 4) is 0 Å². The molecule has 1 aliphatic rings. The molecule has 42 heavy (non-hydrogen) atoms. The summed E-state index contributed by atoms with van der Waals surface area (Å²) in [6.45, 7) is 2.76. The highest BCUT2D eigenvalue weighted by atomic mass is 16.6. The van der Waals surface area contributed by atoms with Gasteiger partial charge in [0.1, 0.15) is 19.2 Å². The molecule has 1 fully saturated rings. The molecule has 230 valence electrons. The minimum Gasteiger partial charge on any atom is -0.447 e. The number of nitrogen functional groups attached to an aromatic ring is 1. The highest BCUT2D eigenvalue weighted by molar-refractivity contribution is 5.75. The van der Waals surface area contributed by atoms with E-state index in [2.05, 4.69) is 88.3 Å². The van der Waals surface area contributed by atoms with Gasteiger partial charge in [-0.2, -0.15) is 4.98 Å². The number of ether oxygens (including phenoxy) is 2. The lowest BCUT2D eigenvalue weighted by Crippen LogP contribution is -2.35. The Morgan fingerprint density at radius 3 is 2.24 bits per heavy atom. The Hall–Kier alpha value is -3.99. The molecule has 2 unspecified atom stereocenters. The van der Waals surface area contributed by atoms with Crippen molar-refractivity contribution in [1.29, 1.82) is 0 Å². The van der Waals surface area contributed by atoms with Gasteiger partial charge in [0.25, 0.3) is 0 Å². The van der Waals surface area contributed by atoms with Crippen molar-refractivity contribution >= 4 is 17.9 Å². The van der Waals surface area contributed by atoms with E-state index in [1.807, 2.05) is 0 Å². The first-order valence-electron chi connectivity index (χ1n) is 14.8. The van der Waals surface area contributed by atoms with Gasteiger partial charge >= 0.3 is 11.8 Å². The summed E-state index contributed by atoms with van der Waals surface area (Å²) in [4.78, 5) is 43.2. The summed E-state index contributed by atoms with van der Waals surface area (Å²) in [5.41, 5.74) is 4.86. The van der Waals surface area contributed by atoms with E-state index in [1.165, 1.54) is 10.9 Å². The minimum atomic E-state index is -0.595. The summed E-state index contributed by atoms with van der Waals surface area (Å²) in [6, 6.07) is 0. The molecule has 0 saturated carbocycles. The SMILES string of the molecule is CC/C=C\C/C=C\C/C=C\C/C=C\C/C=C\CCCC(=O)NCCNC(=O)OCC1CCC(n2cnc(N)nc2=O)O1. The normalized spacial score (nSPS) is 17.4. The van der Waals surface area contributed by atoms with Gasteiger partial charge in [-0.05, 0) is 57.8 Å². The van der Waals surface area contributed by atoms with Crippen molar-refractivity contribution in [3.05, 3.63) is 77.6 Å². The fourth-order valence-electron chi connectivity index (χ4n) is 3.99. The van der Waals surface area contributed by atoms with Crippen LogP contribution in [-0.2, 0) is 14.3 Å². The second kappa shape index (κ2) is 21.7. The molecule has 2 rings (SSSR count). The van der Waals surface area contributed by atoms with Gasteiger partial charge in [0, 0.05) is 19.5 Å². The molecule has 0 aromatic carbocycles. The molecule has 11 nitrogen and oxygen atoms in total. The lowest BCUT2D eigenvalue weighted by Gasteiger charge is -2.15. The zero-order valence-corrected chi connectivity index (χ0v) is 24.7. The highest BCUT2D eigenvalue weighted by Gasteiger charge is 2.28. The maximum atomic E-state index is 12.0. The van der Waals surface area contributed by atoms with Gasteiger partial charge in [0.15, 0.2) is 0 Å². The maximum absolute atomic E-state index is 12.0. The number of carbonyl (C=O) groups is 2. The molecule has 1 aromatic heterocycles. The molecule has 1 aromatic rings. The Balaban J connectivity index is 1.42. The third-order valence-corrected chi connectivity index (χ3v) is 6.19. The Morgan fingerprint density at radius 2 is 1.60 bits per heavy atom. The number of hydrogen-bond donors (Lipinski definition) is 3. The molecule has 0 spiro atoms. The average molecular weight is 583 g/mol. The number of nitrogens with zero attached hydrogens (tertiary/aromatic N) is 3. The van der Waals surface area contributed by atoms with Crippen molar-refractivity contribution in [1.82, 2.24) is 25.2 Å². The summed E-state index contributed by atoms with van der Waals surface area (Å²) >= 11 is 0. The summed E-state index contributed by atoms with van der Waals surface area (Å²) in [5, 5.41) is 5.39. The highest BCUT2D eigenvalue weighted by Crippen LogP contribution is 2.26. The summed E-state index contributed by atoms with van der Waals surface area (Å²) in [5.74, 6) is -0.145. The van der Waals surface area contributed by atoms with Crippen LogP contribution in [0.1, 0.15) is 77.4 Å². The zero-order valence-electron chi connectivity index (χ0n) is 24.7. The molecule has 1 saturated heterocycles. The van der Waals surface area contributed by atoms with Gasteiger partial charge in [-0.15, -0.1) is 0 Å². The van der Waals surface area contributed by atoms with E-state index in [1.54, 1.807) is 0 Å². The van der Waals surface area contributed by atoms with E-state index in [9.17, 15) is 14.4 Å². The van der Waals surface area contributed by atoms with Gasteiger partial charge in [-0.1, -0.05) is 67.7 Å². The maximum Gasteiger partial charge on any atom is 0.407 e. The standard InChI is InChI=1S/C31H46N6O5/c1-2-3-4-5-6-7-8-9-10-11-12-13-14-15-16-17-18-19-27(38)33-22-23-34-31(40)41-24-26-20-21-28(42-26)37-25-35-29(32)36-30(37)39/h3-4,6-7,9-10,12-13,15-16,25-26,28H,2,5,8,11,14,17-24H2,1H3,(H,33,38)(H,34,40)(H2,32,36,39)/b4-3-,7-6-,10-9-,13-12-,16-15-. The predicted molar refractivity (Wildman–Crippen MR) is 165 cm³/mol. The lowest BCUT2D eigenvalue weighted by molar-refractivity contribution is -0.121. The van der Waals surface area contributed by atoms with E-state index < -0.39 is 18.0 Å². The van der Waals surface area contributed by atoms with Crippen LogP contribution >= 0.6 is 0 Å². The molecule has 0 aliphatic carbocycles. The first kappa shape index (κ1) is 34.2. The number of allylic oxidation sites excluding steroid dienone is 10. The number of aromatic nitrogens is 3. The number of hydrogen-bond acceptors (Lipinski definition) is 8. The topological polar surface area (TPSA) is 150 Å². The van der Waals surface area contributed by atoms with Gasteiger partial charge in [-0.25, -0.2) is 14.6 Å². The number of anilines is 1. The molecule has 2 atom stereocenters. The van der Waals surface area contributed by atoms with Crippen LogP contribution in [0.2, 0.25) is 0 Å². The number of rotatable bonds is 19. The number of carbonyl (C=O) groups excluding carboxylic acids is 2. The van der Waals surface area contributed by atoms with Crippen molar-refractivity contribution in [2.75, 3.05) is 25.4 Å². The monoisotopic (exact) mass is 582 g/mol. The van der Waals surface area contributed by atoms with Gasteiger partial charge in [0.2, 0.25) is 11.9 Å². The first-order valence-corrected chi connectivity index (χ1v) is 14.8. The minimum absolute atomic E-state index is 0.0507. The molecular formula is C31H46N6O5. The number of amides is 2. The largest absolute Gasteiger partial charge is 0.447 e. The second-order valence-corrected chi connectivity index (χ2v) is 9.67. The van der Waals surface area contributed by atoms with Crippen molar-refractivity contribution in [3.63, 3.8) is 0 Å². The van der Waals surface area contributed by atoms with Crippen LogP contribution in [0, 0.1) is 0 Å². The number of nitrogens with two attached hydrogens (primary N) is 1. The van der Waals surface area contributed by atoms with Crippen molar-refractivity contribution in [2.45, 2.75) is 83.5 Å². The fourth-order valence-corrected chi connectivity index (χ4v) is 3.99. The van der Waals surface area contributed by atoms with Crippen LogP contribution in [0.4, 0.5) is 10.7 Å². The molecular weight excluding hydrogens is 536 g/mol. The fraction of sp³-hybridized carbons (Fsp3) is 0.516. The van der Waals surface area contributed by atoms with Crippen molar-refractivity contribution in [2.24, 2.45) is 0 Å². The summed E-state index contributed by atoms with van der Waals surface area (Å²) in [6.07, 6.45) is 29.6. The molecule has 11 heteroatoms. The number of alkyl carbamates (subject to hydrolysis) is 1. The third kappa shape index (κ3) is 15.7.